The van der Waals surface area contributed by atoms with Gasteiger partial charge in [0.15, 0.2) is 0 Å². The van der Waals surface area contributed by atoms with Crippen LogP contribution in [-0.4, -0.2) is 55.7 Å². The molecule has 2 fully saturated rings. The van der Waals surface area contributed by atoms with Gasteiger partial charge in [0.25, 0.3) is 0 Å². The maximum absolute atomic E-state index is 11.3. The van der Waals surface area contributed by atoms with Gasteiger partial charge in [-0.15, -0.1) is 0 Å². The van der Waals surface area contributed by atoms with Crippen LogP contribution in [0.2, 0.25) is 0 Å². The van der Waals surface area contributed by atoms with Crippen molar-refractivity contribution in [3.8, 4) is 0 Å². The Morgan fingerprint density at radius 3 is 2.81 bits per heavy atom. The van der Waals surface area contributed by atoms with Gasteiger partial charge in [0.2, 0.25) is 5.91 Å². The van der Waals surface area contributed by atoms with E-state index >= 15 is 0 Å². The van der Waals surface area contributed by atoms with E-state index in [0.29, 0.717) is 18.6 Å². The Morgan fingerprint density at radius 2 is 2.31 bits per heavy atom. The van der Waals surface area contributed by atoms with E-state index in [1.54, 1.807) is 0 Å². The molecule has 2 unspecified atom stereocenters. The Bertz CT molecular complexity index is 250. The number of primary amides is 1. The molecule has 0 spiro atoms. The lowest BCUT2D eigenvalue weighted by atomic mass is 10.2. The third-order valence-corrected chi connectivity index (χ3v) is 3.36. The van der Waals surface area contributed by atoms with Crippen molar-refractivity contribution in [2.75, 3.05) is 26.8 Å². The Labute approximate surface area is 96.3 Å². The largest absolute Gasteiger partial charge is 0.380 e. The van der Waals surface area contributed by atoms with Crippen LogP contribution >= 0.6 is 0 Å². The van der Waals surface area contributed by atoms with Crippen molar-refractivity contribution in [1.29, 1.82) is 0 Å². The van der Waals surface area contributed by atoms with E-state index in [1.807, 2.05) is 7.05 Å². The Balaban J connectivity index is 1.80. The molecule has 0 aromatic rings. The maximum Gasteiger partial charge on any atom is 0.235 e. The van der Waals surface area contributed by atoms with E-state index in [1.165, 1.54) is 12.8 Å². The molecule has 1 saturated carbocycles. The van der Waals surface area contributed by atoms with Crippen molar-refractivity contribution in [3.63, 3.8) is 0 Å². The van der Waals surface area contributed by atoms with Gasteiger partial charge in [0.05, 0.1) is 12.6 Å². The van der Waals surface area contributed by atoms with Gasteiger partial charge in [-0.2, -0.15) is 0 Å². The predicted molar refractivity (Wildman–Crippen MR) is 61.0 cm³/mol. The van der Waals surface area contributed by atoms with E-state index in [0.717, 1.165) is 19.6 Å². The molecule has 2 aliphatic rings. The van der Waals surface area contributed by atoms with E-state index in [9.17, 15) is 4.79 Å². The molecule has 1 amide bonds. The highest BCUT2D eigenvalue weighted by molar-refractivity contribution is 5.80. The minimum absolute atomic E-state index is 0.224. The summed E-state index contributed by atoms with van der Waals surface area (Å²) in [5, 5.41) is 3.29. The van der Waals surface area contributed by atoms with Crippen LogP contribution in [0.3, 0.4) is 0 Å². The topological polar surface area (TPSA) is 67.6 Å². The summed E-state index contributed by atoms with van der Waals surface area (Å²) < 4.78 is 5.34. The highest BCUT2D eigenvalue weighted by Crippen LogP contribution is 2.20. The number of rotatable bonds is 6. The molecule has 0 radical (unpaired) electrons. The van der Waals surface area contributed by atoms with Crippen molar-refractivity contribution >= 4 is 5.91 Å². The van der Waals surface area contributed by atoms with Gasteiger partial charge in [-0.1, -0.05) is 0 Å². The van der Waals surface area contributed by atoms with Crippen LogP contribution in [0.15, 0.2) is 0 Å². The molecule has 2 rings (SSSR count). The second kappa shape index (κ2) is 5.12. The average Bonchev–Trinajstić information content (AvgIpc) is 2.89. The van der Waals surface area contributed by atoms with E-state index in [2.05, 4.69) is 10.2 Å². The highest BCUT2D eigenvalue weighted by Gasteiger charge is 2.30. The zero-order valence-electron chi connectivity index (χ0n) is 9.82. The van der Waals surface area contributed by atoms with Crippen molar-refractivity contribution in [1.82, 2.24) is 10.2 Å². The summed E-state index contributed by atoms with van der Waals surface area (Å²) in [5.74, 6) is -0.252. The number of carbonyl (C=O) groups excluding carboxylic acids is 1. The first-order valence-electron chi connectivity index (χ1n) is 6.00. The monoisotopic (exact) mass is 227 g/mol. The molecule has 92 valence electrons. The second-order valence-corrected chi connectivity index (χ2v) is 4.85. The SMILES string of the molecule is CN(CC(NC1CC1)C(N)=O)C1CCOC1. The second-order valence-electron chi connectivity index (χ2n) is 4.85. The summed E-state index contributed by atoms with van der Waals surface area (Å²) in [7, 11) is 2.03. The maximum atomic E-state index is 11.3. The number of hydrogen-bond donors (Lipinski definition) is 2. The summed E-state index contributed by atoms with van der Waals surface area (Å²) in [6, 6.07) is 0.715. The highest BCUT2D eigenvalue weighted by atomic mass is 16.5. The number of amides is 1. The van der Waals surface area contributed by atoms with E-state index in [-0.39, 0.29) is 11.9 Å². The van der Waals surface area contributed by atoms with Gasteiger partial charge >= 0.3 is 0 Å². The number of nitrogens with one attached hydrogen (secondary N) is 1. The number of nitrogens with zero attached hydrogens (tertiary/aromatic N) is 1. The molecule has 5 heteroatoms. The number of ether oxygens (including phenoxy) is 1. The lowest BCUT2D eigenvalue weighted by Gasteiger charge is -2.27. The smallest absolute Gasteiger partial charge is 0.235 e. The summed E-state index contributed by atoms with van der Waals surface area (Å²) in [4.78, 5) is 13.5. The van der Waals surface area contributed by atoms with Crippen LogP contribution in [0.4, 0.5) is 0 Å². The molecule has 1 heterocycles. The third-order valence-electron chi connectivity index (χ3n) is 3.36. The molecule has 5 nitrogen and oxygen atoms in total. The van der Waals surface area contributed by atoms with Gasteiger partial charge in [-0.3, -0.25) is 9.69 Å². The first kappa shape index (κ1) is 11.8. The lowest BCUT2D eigenvalue weighted by Crippen LogP contribution is -2.51. The summed E-state index contributed by atoms with van der Waals surface area (Å²) in [5.41, 5.74) is 5.40. The number of nitrogens with two attached hydrogens (primary N) is 1. The molecule has 0 aromatic carbocycles. The third kappa shape index (κ3) is 3.17. The van der Waals surface area contributed by atoms with Crippen LogP contribution < -0.4 is 11.1 Å². The first-order chi connectivity index (χ1) is 7.66. The molecule has 3 N–H and O–H groups in total. The molecular formula is C11H21N3O2. The molecule has 1 saturated heterocycles. The van der Waals surface area contributed by atoms with Crippen molar-refractivity contribution in [3.05, 3.63) is 0 Å². The minimum Gasteiger partial charge on any atom is -0.380 e. The minimum atomic E-state index is -0.252. The van der Waals surface area contributed by atoms with Gasteiger partial charge in [0.1, 0.15) is 0 Å². The summed E-state index contributed by atoms with van der Waals surface area (Å²) >= 11 is 0. The van der Waals surface area contributed by atoms with Gasteiger partial charge in [-0.25, -0.2) is 0 Å². The first-order valence-corrected chi connectivity index (χ1v) is 6.00. The predicted octanol–water partition coefficient (Wildman–Crippen LogP) is -0.687. The number of hydrogen-bond acceptors (Lipinski definition) is 4. The normalized spacial score (nSPS) is 27.2. The Hall–Kier alpha value is -0.650. The summed E-state index contributed by atoms with van der Waals surface area (Å²) in [6.45, 7) is 2.28. The van der Waals surface area contributed by atoms with E-state index in [4.69, 9.17) is 10.5 Å². The molecule has 16 heavy (non-hydrogen) atoms. The van der Waals surface area contributed by atoms with Gasteiger partial charge in [-0.05, 0) is 26.3 Å². The molecule has 0 bridgehead atoms. The van der Waals surface area contributed by atoms with Crippen LogP contribution in [0, 0.1) is 0 Å². The van der Waals surface area contributed by atoms with Crippen LogP contribution in [0.1, 0.15) is 19.3 Å². The number of likely N-dealkylation sites (N-methyl/N-ethyl adjacent to an activating group) is 1. The molecule has 2 atom stereocenters. The fraction of sp³-hybridized carbons (Fsp3) is 0.909. The van der Waals surface area contributed by atoms with Crippen molar-refractivity contribution in [2.24, 2.45) is 5.73 Å². The summed E-state index contributed by atoms with van der Waals surface area (Å²) in [6.07, 6.45) is 3.38. The zero-order valence-corrected chi connectivity index (χ0v) is 9.82. The van der Waals surface area contributed by atoms with Crippen LogP contribution in [0.25, 0.3) is 0 Å². The molecule has 1 aliphatic carbocycles. The van der Waals surface area contributed by atoms with Crippen molar-refractivity contribution in [2.45, 2.75) is 37.4 Å². The fourth-order valence-electron chi connectivity index (χ4n) is 2.07. The quantitative estimate of drug-likeness (QED) is 0.630. The van der Waals surface area contributed by atoms with Gasteiger partial charge < -0.3 is 15.8 Å². The standard InChI is InChI=1S/C11H21N3O2/c1-14(9-4-5-16-7-9)6-10(11(12)15)13-8-2-3-8/h8-10,13H,2-7H2,1H3,(H2,12,15). The van der Waals surface area contributed by atoms with Crippen molar-refractivity contribution < 1.29 is 9.53 Å². The van der Waals surface area contributed by atoms with E-state index < -0.39 is 0 Å². The van der Waals surface area contributed by atoms with Crippen LogP contribution in [-0.2, 0) is 9.53 Å². The molecule has 0 aromatic heterocycles. The Kier molecular flexibility index (Phi) is 3.78. The average molecular weight is 227 g/mol. The molecular weight excluding hydrogens is 206 g/mol. The lowest BCUT2D eigenvalue weighted by molar-refractivity contribution is -0.120. The molecule has 1 aliphatic heterocycles. The fourth-order valence-corrected chi connectivity index (χ4v) is 2.07. The Morgan fingerprint density at radius 1 is 1.56 bits per heavy atom. The number of carbonyl (C=O) groups is 1. The zero-order chi connectivity index (χ0) is 11.5. The van der Waals surface area contributed by atoms with Crippen LogP contribution in [0.5, 0.6) is 0 Å². The van der Waals surface area contributed by atoms with Gasteiger partial charge in [0, 0.05) is 25.2 Å².